The molecule has 0 aromatic carbocycles. The Kier molecular flexibility index (Phi) is 4.46. The summed E-state index contributed by atoms with van der Waals surface area (Å²) in [6, 6.07) is -0.0217. The van der Waals surface area contributed by atoms with Crippen LogP contribution in [0.5, 0.6) is 0 Å². The van der Waals surface area contributed by atoms with Crippen LogP contribution in [0.15, 0.2) is 0 Å². The molecule has 0 radical (unpaired) electrons. The fourth-order valence-electron chi connectivity index (χ4n) is 2.06. The molecule has 1 rings (SSSR count). The predicted octanol–water partition coefficient (Wildman–Crippen LogP) is 0.00714. The molecule has 0 aliphatic carbocycles. The van der Waals surface area contributed by atoms with Gasteiger partial charge < -0.3 is 16.2 Å². The van der Waals surface area contributed by atoms with Crippen LogP contribution in [0.2, 0.25) is 0 Å². The summed E-state index contributed by atoms with van der Waals surface area (Å²) in [4.78, 5) is 0. The summed E-state index contributed by atoms with van der Waals surface area (Å²) in [5.41, 5.74) is 8.32. The molecule has 0 aliphatic heterocycles. The summed E-state index contributed by atoms with van der Waals surface area (Å²) in [6.07, 6.45) is 0.188. The van der Waals surface area contributed by atoms with Crippen LogP contribution in [0, 0.1) is 13.8 Å². The van der Waals surface area contributed by atoms with Crippen molar-refractivity contribution in [2.45, 2.75) is 32.4 Å². The van der Waals surface area contributed by atoms with E-state index in [1.807, 2.05) is 27.9 Å². The van der Waals surface area contributed by atoms with Gasteiger partial charge in [0.2, 0.25) is 0 Å². The molecule has 1 aromatic rings. The molecule has 1 aromatic heterocycles. The lowest BCUT2D eigenvalue weighted by Crippen LogP contribution is -2.34. The highest BCUT2D eigenvalue weighted by Crippen LogP contribution is 2.24. The number of aryl methyl sites for hydroxylation is 2. The minimum Gasteiger partial charge on any atom is -0.387 e. The van der Waals surface area contributed by atoms with Crippen molar-refractivity contribution in [3.05, 3.63) is 17.0 Å². The number of nitrogens with zero attached hydrogens (tertiary/aromatic N) is 2. The molecule has 92 valence electrons. The molecule has 2 atom stereocenters. The van der Waals surface area contributed by atoms with Crippen LogP contribution in [0.25, 0.3) is 0 Å². The first-order valence-electron chi connectivity index (χ1n) is 5.58. The van der Waals surface area contributed by atoms with Crippen LogP contribution in [-0.2, 0) is 7.05 Å². The highest BCUT2D eigenvalue weighted by Gasteiger charge is 2.24. The Hall–Kier alpha value is -0.910. The Morgan fingerprint density at radius 2 is 2.12 bits per heavy atom. The molecule has 0 bridgehead atoms. The Morgan fingerprint density at radius 1 is 1.50 bits per heavy atom. The third kappa shape index (κ3) is 2.42. The standard InChI is InChI=1S/C11H22N4O/c1-7-10(8(2)15(4)14-7)11(16)9(13-3)5-6-12/h9,11,13,16H,5-6,12H2,1-4H3. The lowest BCUT2D eigenvalue weighted by molar-refractivity contribution is 0.127. The minimum atomic E-state index is -0.553. The van der Waals surface area contributed by atoms with Gasteiger partial charge in [0.1, 0.15) is 0 Å². The normalized spacial score (nSPS) is 15.1. The summed E-state index contributed by atoms with van der Waals surface area (Å²) < 4.78 is 1.79. The van der Waals surface area contributed by atoms with Gasteiger partial charge in [-0.15, -0.1) is 0 Å². The second-order valence-corrected chi connectivity index (χ2v) is 4.13. The number of hydrogen-bond acceptors (Lipinski definition) is 4. The third-order valence-corrected chi connectivity index (χ3v) is 3.09. The van der Waals surface area contributed by atoms with Crippen molar-refractivity contribution in [1.82, 2.24) is 15.1 Å². The van der Waals surface area contributed by atoms with E-state index >= 15 is 0 Å². The average Bonchev–Trinajstić information content (AvgIpc) is 2.49. The maximum absolute atomic E-state index is 10.3. The monoisotopic (exact) mass is 226 g/mol. The van der Waals surface area contributed by atoms with Gasteiger partial charge >= 0.3 is 0 Å². The van der Waals surface area contributed by atoms with Gasteiger partial charge in [-0.05, 0) is 33.9 Å². The van der Waals surface area contributed by atoms with E-state index in [1.54, 1.807) is 4.68 Å². The average molecular weight is 226 g/mol. The van der Waals surface area contributed by atoms with Crippen LogP contribution in [-0.4, -0.2) is 34.5 Å². The highest BCUT2D eigenvalue weighted by molar-refractivity contribution is 5.28. The van der Waals surface area contributed by atoms with E-state index in [0.29, 0.717) is 6.54 Å². The number of aliphatic hydroxyl groups excluding tert-OH is 1. The van der Waals surface area contributed by atoms with E-state index in [0.717, 1.165) is 23.4 Å². The summed E-state index contributed by atoms with van der Waals surface area (Å²) in [6.45, 7) is 4.44. The van der Waals surface area contributed by atoms with Gasteiger partial charge in [-0.1, -0.05) is 0 Å². The van der Waals surface area contributed by atoms with Crippen molar-refractivity contribution in [2.75, 3.05) is 13.6 Å². The fraction of sp³-hybridized carbons (Fsp3) is 0.727. The zero-order chi connectivity index (χ0) is 12.3. The molecule has 4 N–H and O–H groups in total. The number of aliphatic hydroxyl groups is 1. The molecular weight excluding hydrogens is 204 g/mol. The van der Waals surface area contributed by atoms with Crippen molar-refractivity contribution in [3.8, 4) is 0 Å². The van der Waals surface area contributed by atoms with Gasteiger partial charge in [0.05, 0.1) is 11.8 Å². The van der Waals surface area contributed by atoms with E-state index in [4.69, 9.17) is 5.73 Å². The molecule has 0 saturated carbocycles. The highest BCUT2D eigenvalue weighted by atomic mass is 16.3. The Labute approximate surface area is 96.6 Å². The summed E-state index contributed by atoms with van der Waals surface area (Å²) in [7, 11) is 3.72. The molecule has 0 amide bonds. The van der Waals surface area contributed by atoms with Gasteiger partial charge in [0.15, 0.2) is 0 Å². The van der Waals surface area contributed by atoms with E-state index in [9.17, 15) is 5.11 Å². The number of rotatable bonds is 5. The molecule has 0 spiro atoms. The zero-order valence-corrected chi connectivity index (χ0v) is 10.5. The smallest absolute Gasteiger partial charge is 0.0978 e. The van der Waals surface area contributed by atoms with Crippen LogP contribution in [0.3, 0.4) is 0 Å². The maximum atomic E-state index is 10.3. The van der Waals surface area contributed by atoms with Crippen LogP contribution in [0.4, 0.5) is 0 Å². The Bertz CT molecular complexity index is 348. The lowest BCUT2D eigenvalue weighted by Gasteiger charge is -2.22. The quantitative estimate of drug-likeness (QED) is 0.661. The largest absolute Gasteiger partial charge is 0.387 e. The number of nitrogens with two attached hydrogens (primary N) is 1. The number of likely N-dealkylation sites (N-methyl/N-ethyl adjacent to an activating group) is 1. The third-order valence-electron chi connectivity index (χ3n) is 3.09. The van der Waals surface area contributed by atoms with Crippen LogP contribution in [0.1, 0.15) is 29.5 Å². The number of hydrogen-bond donors (Lipinski definition) is 3. The molecule has 2 unspecified atom stereocenters. The molecular formula is C11H22N4O. The summed E-state index contributed by atoms with van der Waals surface area (Å²) in [5.74, 6) is 0. The van der Waals surface area contributed by atoms with Gasteiger partial charge in [-0.2, -0.15) is 5.10 Å². The molecule has 5 heteroatoms. The van der Waals surface area contributed by atoms with Crippen molar-refractivity contribution in [1.29, 1.82) is 0 Å². The van der Waals surface area contributed by atoms with E-state index in [1.165, 1.54) is 0 Å². The Morgan fingerprint density at radius 3 is 2.50 bits per heavy atom. The lowest BCUT2D eigenvalue weighted by atomic mass is 9.98. The first-order valence-corrected chi connectivity index (χ1v) is 5.58. The van der Waals surface area contributed by atoms with E-state index in [2.05, 4.69) is 10.4 Å². The first-order chi connectivity index (χ1) is 7.52. The van der Waals surface area contributed by atoms with Crippen LogP contribution < -0.4 is 11.1 Å². The molecule has 1 heterocycles. The van der Waals surface area contributed by atoms with E-state index in [-0.39, 0.29) is 6.04 Å². The predicted molar refractivity (Wildman–Crippen MR) is 64.2 cm³/mol. The van der Waals surface area contributed by atoms with Gasteiger partial charge in [0.25, 0.3) is 0 Å². The SMILES string of the molecule is CNC(CCN)C(O)c1c(C)nn(C)c1C. The first kappa shape index (κ1) is 13.2. The van der Waals surface area contributed by atoms with Crippen molar-refractivity contribution < 1.29 is 5.11 Å². The maximum Gasteiger partial charge on any atom is 0.0978 e. The second kappa shape index (κ2) is 5.43. The minimum absolute atomic E-state index is 0.0217. The van der Waals surface area contributed by atoms with Crippen molar-refractivity contribution in [2.24, 2.45) is 12.8 Å². The number of aromatic nitrogens is 2. The molecule has 0 fully saturated rings. The Balaban J connectivity index is 2.98. The second-order valence-electron chi connectivity index (χ2n) is 4.13. The molecule has 0 aliphatic rings. The number of nitrogens with one attached hydrogen (secondary N) is 1. The van der Waals surface area contributed by atoms with Gasteiger partial charge in [-0.3, -0.25) is 4.68 Å². The topological polar surface area (TPSA) is 76.1 Å². The van der Waals surface area contributed by atoms with Gasteiger partial charge in [-0.25, -0.2) is 0 Å². The van der Waals surface area contributed by atoms with Crippen molar-refractivity contribution in [3.63, 3.8) is 0 Å². The molecule has 5 nitrogen and oxygen atoms in total. The summed E-state index contributed by atoms with van der Waals surface area (Å²) >= 11 is 0. The van der Waals surface area contributed by atoms with Crippen molar-refractivity contribution >= 4 is 0 Å². The molecule has 16 heavy (non-hydrogen) atoms. The summed E-state index contributed by atoms with van der Waals surface area (Å²) in [5, 5.41) is 17.7. The van der Waals surface area contributed by atoms with Gasteiger partial charge in [0, 0.05) is 24.3 Å². The fourth-order valence-corrected chi connectivity index (χ4v) is 2.06. The van der Waals surface area contributed by atoms with E-state index < -0.39 is 6.10 Å². The zero-order valence-electron chi connectivity index (χ0n) is 10.5. The van der Waals surface area contributed by atoms with Crippen LogP contribution >= 0.6 is 0 Å². The molecule has 0 saturated heterocycles.